The molecule has 2 heterocycles. The highest BCUT2D eigenvalue weighted by Crippen LogP contribution is 2.37. The zero-order chi connectivity index (χ0) is 29.0. The molecule has 1 N–H and O–H groups in total. The van der Waals surface area contributed by atoms with E-state index in [2.05, 4.69) is 0 Å². The van der Waals surface area contributed by atoms with E-state index in [0.717, 1.165) is 27.2 Å². The van der Waals surface area contributed by atoms with Crippen molar-refractivity contribution in [1.82, 2.24) is 4.90 Å². The van der Waals surface area contributed by atoms with Crippen LogP contribution in [-0.2, 0) is 22.4 Å². The first-order valence-electron chi connectivity index (χ1n) is 14.0. The lowest BCUT2D eigenvalue weighted by Gasteiger charge is -2.32. The lowest BCUT2D eigenvalue weighted by Crippen LogP contribution is -2.51. The Bertz CT molecular complexity index is 1360. The van der Waals surface area contributed by atoms with Gasteiger partial charge in [-0.05, 0) is 63.1 Å². The molecule has 2 aromatic carbocycles. The number of aliphatic hydroxyl groups excluding tert-OH is 1. The second-order valence-electron chi connectivity index (χ2n) is 11.5. The van der Waals surface area contributed by atoms with Gasteiger partial charge in [0.05, 0.1) is 6.04 Å². The van der Waals surface area contributed by atoms with E-state index in [0.29, 0.717) is 25.0 Å². The van der Waals surface area contributed by atoms with Crippen molar-refractivity contribution in [3.63, 3.8) is 0 Å². The van der Waals surface area contributed by atoms with Crippen molar-refractivity contribution in [1.29, 1.82) is 0 Å². The molecule has 0 unspecified atom stereocenters. The van der Waals surface area contributed by atoms with Crippen molar-refractivity contribution in [3.05, 3.63) is 83.3 Å². The van der Waals surface area contributed by atoms with Gasteiger partial charge >= 0.3 is 6.09 Å². The molecule has 7 heteroatoms. The molecule has 1 fully saturated rings. The fraction of sp³-hybridized carbons (Fsp3) is 0.424. The zero-order valence-electron chi connectivity index (χ0n) is 24.0. The van der Waals surface area contributed by atoms with Gasteiger partial charge in [-0.25, -0.2) is 9.69 Å². The molecule has 0 aliphatic carbocycles. The van der Waals surface area contributed by atoms with Gasteiger partial charge < -0.3 is 14.3 Å². The molecule has 0 bridgehead atoms. The number of unbranched alkanes of at least 4 members (excludes halogenated alkanes) is 1. The average Bonchev–Trinajstić information content (AvgIpc) is 3.44. The molecular formula is C33H39NO6. The Morgan fingerprint density at radius 1 is 1.02 bits per heavy atom. The maximum atomic E-state index is 14.2. The second kappa shape index (κ2) is 12.2. The van der Waals surface area contributed by atoms with Gasteiger partial charge in [-0.3, -0.25) is 9.59 Å². The number of amides is 2. The predicted molar refractivity (Wildman–Crippen MR) is 153 cm³/mol. The van der Waals surface area contributed by atoms with E-state index < -0.39 is 35.3 Å². The summed E-state index contributed by atoms with van der Waals surface area (Å²) in [6, 6.07) is 18.4. The minimum atomic E-state index is -1.17. The average molecular weight is 546 g/mol. The van der Waals surface area contributed by atoms with Gasteiger partial charge in [-0.1, -0.05) is 74.0 Å². The van der Waals surface area contributed by atoms with Crippen molar-refractivity contribution in [3.8, 4) is 11.1 Å². The molecule has 1 saturated heterocycles. The van der Waals surface area contributed by atoms with Crippen LogP contribution in [0.15, 0.2) is 65.1 Å². The van der Waals surface area contributed by atoms with Crippen LogP contribution in [0, 0.1) is 18.8 Å². The normalized spacial score (nSPS) is 17.2. The number of aryl methyl sites for hydroxylation is 2. The van der Waals surface area contributed by atoms with Crippen LogP contribution in [0.4, 0.5) is 4.79 Å². The number of carbonyl (C=O) groups excluding carboxylic acids is 3. The number of hydrogen-bond donors (Lipinski definition) is 1. The summed E-state index contributed by atoms with van der Waals surface area (Å²) < 4.78 is 11.8. The number of cyclic esters (lactones) is 1. The highest BCUT2D eigenvalue weighted by atomic mass is 16.6. The van der Waals surface area contributed by atoms with Crippen molar-refractivity contribution < 1.29 is 28.6 Å². The first-order chi connectivity index (χ1) is 19.0. The molecule has 40 heavy (non-hydrogen) atoms. The quantitative estimate of drug-likeness (QED) is 0.170. The fourth-order valence-corrected chi connectivity index (χ4v) is 5.76. The van der Waals surface area contributed by atoms with Gasteiger partial charge in [-0.15, -0.1) is 0 Å². The Morgan fingerprint density at radius 2 is 1.75 bits per heavy atom. The molecule has 4 rings (SSSR count). The lowest BCUT2D eigenvalue weighted by atomic mass is 9.86. The Hall–Kier alpha value is -3.71. The van der Waals surface area contributed by atoms with Gasteiger partial charge in [-0.2, -0.15) is 0 Å². The van der Waals surface area contributed by atoms with Crippen LogP contribution in [0.2, 0.25) is 0 Å². The molecular weight excluding hydrogens is 506 g/mol. The van der Waals surface area contributed by atoms with Crippen LogP contribution < -0.4 is 0 Å². The highest BCUT2D eigenvalue weighted by molar-refractivity contribution is 6.12. The molecule has 0 radical (unpaired) electrons. The van der Waals surface area contributed by atoms with Gasteiger partial charge in [0.25, 0.3) is 0 Å². The van der Waals surface area contributed by atoms with Crippen LogP contribution in [-0.4, -0.2) is 46.0 Å². The summed E-state index contributed by atoms with van der Waals surface area (Å²) in [4.78, 5) is 42.4. The van der Waals surface area contributed by atoms with E-state index in [9.17, 15) is 19.5 Å². The third kappa shape index (κ3) is 6.20. The molecule has 0 spiro atoms. The van der Waals surface area contributed by atoms with Crippen LogP contribution in [0.25, 0.3) is 11.1 Å². The van der Waals surface area contributed by atoms with E-state index in [4.69, 9.17) is 9.15 Å². The maximum Gasteiger partial charge on any atom is 0.417 e. The van der Waals surface area contributed by atoms with Crippen molar-refractivity contribution in [2.45, 2.75) is 71.9 Å². The molecule has 3 aromatic rings. The predicted octanol–water partition coefficient (Wildman–Crippen LogP) is 6.39. The SMILES string of the molecule is Cc1cccc(-c2cc(C(=O)[C@@H](Cc3ccccc3)C(=O)N3C(=O)OC(C)(C)[C@@H]3C(C)C)oc2CCCCO)c1. The Labute approximate surface area is 236 Å². The smallest absolute Gasteiger partial charge is 0.417 e. The number of carbonyl (C=O) groups is 3. The van der Waals surface area contributed by atoms with E-state index in [1.807, 2.05) is 75.4 Å². The number of benzene rings is 2. The number of hydrogen-bond acceptors (Lipinski definition) is 6. The van der Waals surface area contributed by atoms with E-state index >= 15 is 0 Å². The van der Waals surface area contributed by atoms with Crippen molar-refractivity contribution >= 4 is 17.8 Å². The zero-order valence-corrected chi connectivity index (χ0v) is 24.0. The minimum Gasteiger partial charge on any atom is -0.457 e. The molecule has 1 aromatic heterocycles. The van der Waals surface area contributed by atoms with Gasteiger partial charge in [0.1, 0.15) is 17.3 Å². The minimum absolute atomic E-state index is 0.0687. The number of ether oxygens (including phenoxy) is 1. The first kappa shape index (κ1) is 29.3. The monoisotopic (exact) mass is 545 g/mol. The fourth-order valence-electron chi connectivity index (χ4n) is 5.76. The van der Waals surface area contributed by atoms with Crippen molar-refractivity contribution in [2.75, 3.05) is 6.61 Å². The van der Waals surface area contributed by atoms with Gasteiger partial charge in [0.15, 0.2) is 5.76 Å². The number of Topliss-reactive ketones (excluding diaryl/α,β-unsaturated/α-hetero) is 1. The van der Waals surface area contributed by atoms with Crippen LogP contribution >= 0.6 is 0 Å². The number of ketones is 1. The van der Waals surface area contributed by atoms with Crippen LogP contribution in [0.1, 0.15) is 68.0 Å². The summed E-state index contributed by atoms with van der Waals surface area (Å²) in [7, 11) is 0. The van der Waals surface area contributed by atoms with Crippen LogP contribution in [0.5, 0.6) is 0 Å². The summed E-state index contributed by atoms with van der Waals surface area (Å²) in [6.07, 6.45) is 1.22. The van der Waals surface area contributed by atoms with E-state index in [-0.39, 0.29) is 24.7 Å². The number of furan rings is 1. The second-order valence-corrected chi connectivity index (χ2v) is 11.5. The molecule has 7 nitrogen and oxygen atoms in total. The number of imide groups is 1. The topological polar surface area (TPSA) is 97.1 Å². The van der Waals surface area contributed by atoms with E-state index in [1.165, 1.54) is 0 Å². The third-order valence-corrected chi connectivity index (χ3v) is 7.50. The number of aliphatic hydroxyl groups is 1. The summed E-state index contributed by atoms with van der Waals surface area (Å²) in [6.45, 7) is 9.51. The third-order valence-electron chi connectivity index (χ3n) is 7.50. The molecule has 0 saturated carbocycles. The van der Waals surface area contributed by atoms with Crippen LogP contribution in [0.3, 0.4) is 0 Å². The molecule has 212 valence electrons. The first-order valence-corrected chi connectivity index (χ1v) is 14.0. The molecule has 1 aliphatic heterocycles. The molecule has 1 aliphatic rings. The summed E-state index contributed by atoms with van der Waals surface area (Å²) in [5, 5.41) is 9.29. The number of nitrogens with zero attached hydrogens (tertiary/aromatic N) is 1. The van der Waals surface area contributed by atoms with Gasteiger partial charge in [0, 0.05) is 18.6 Å². The largest absolute Gasteiger partial charge is 0.457 e. The summed E-state index contributed by atoms with van der Waals surface area (Å²) in [5.74, 6) is -1.60. The highest BCUT2D eigenvalue weighted by Gasteiger charge is 2.53. The maximum absolute atomic E-state index is 14.2. The summed E-state index contributed by atoms with van der Waals surface area (Å²) in [5.41, 5.74) is 2.69. The van der Waals surface area contributed by atoms with E-state index in [1.54, 1.807) is 19.9 Å². The standard InChI is InChI=1S/C33H39NO6/c1-21(2)30-33(4,5)40-32(38)34(30)31(37)26(19-23-13-7-6-8-14-23)29(36)28-20-25(24-15-11-12-22(3)18-24)27(39-28)16-9-10-17-35/h6-8,11-15,18,20-21,26,30,35H,9-10,16-17,19H2,1-5H3/t26-,30+/m1/s1. The number of rotatable bonds is 11. The molecule has 2 atom stereocenters. The Balaban J connectivity index is 1.76. The Kier molecular flexibility index (Phi) is 8.94. The van der Waals surface area contributed by atoms with Gasteiger partial charge in [0.2, 0.25) is 11.7 Å². The molecule has 2 amide bonds. The lowest BCUT2D eigenvalue weighted by molar-refractivity contribution is -0.133. The Morgan fingerprint density at radius 3 is 2.40 bits per heavy atom. The summed E-state index contributed by atoms with van der Waals surface area (Å²) >= 11 is 0. The van der Waals surface area contributed by atoms with Crippen molar-refractivity contribution in [2.24, 2.45) is 11.8 Å².